The molecule has 1 unspecified atom stereocenters. The number of nitrogens with one attached hydrogen (secondary N) is 1. The summed E-state index contributed by atoms with van der Waals surface area (Å²) in [4.78, 5) is 1.24. The summed E-state index contributed by atoms with van der Waals surface area (Å²) in [6.07, 6.45) is 3.79. The van der Waals surface area contributed by atoms with E-state index in [-0.39, 0.29) is 0 Å². The zero-order chi connectivity index (χ0) is 9.68. The third-order valence-electron chi connectivity index (χ3n) is 1.99. The Kier molecular flexibility index (Phi) is 4.05. The van der Waals surface area contributed by atoms with Crippen LogP contribution < -0.4 is 5.32 Å². The molecule has 1 atom stereocenters. The third-order valence-corrected chi connectivity index (χ3v) is 2.87. The van der Waals surface area contributed by atoms with Gasteiger partial charge in [-0.3, -0.25) is 0 Å². The van der Waals surface area contributed by atoms with Crippen molar-refractivity contribution in [2.75, 3.05) is 7.05 Å². The lowest BCUT2D eigenvalue weighted by Gasteiger charge is -2.11. The lowest BCUT2D eigenvalue weighted by Crippen LogP contribution is -2.15. The van der Waals surface area contributed by atoms with Crippen LogP contribution in [0.15, 0.2) is 12.7 Å². The predicted molar refractivity (Wildman–Crippen MR) is 55.9 cm³/mol. The minimum atomic E-state index is 0.326. The third kappa shape index (κ3) is 2.35. The fraction of sp³-hybridized carbons (Fsp3) is 0.556. The highest BCUT2D eigenvalue weighted by molar-refractivity contribution is 7.05. The Balaban J connectivity index is 2.82. The normalized spacial score (nSPS) is 12.8. The second kappa shape index (κ2) is 5.09. The molecule has 0 aliphatic heterocycles. The maximum absolute atomic E-state index is 4.08. The minimum Gasteiger partial charge on any atom is -0.312 e. The standard InChI is InChI=1S/C9H15N3S/c1-4-6-8(10-3)9-7(5-2)11-12-13-9/h4,8,10H,1,5-6H2,2-3H3. The van der Waals surface area contributed by atoms with Gasteiger partial charge in [0.25, 0.3) is 0 Å². The van der Waals surface area contributed by atoms with Crippen LogP contribution in [0.25, 0.3) is 0 Å². The van der Waals surface area contributed by atoms with Crippen molar-refractivity contribution in [2.24, 2.45) is 0 Å². The fourth-order valence-corrected chi connectivity index (χ4v) is 2.11. The van der Waals surface area contributed by atoms with Gasteiger partial charge in [0.1, 0.15) is 0 Å². The van der Waals surface area contributed by atoms with Crippen LogP contribution in [0.1, 0.15) is 30.0 Å². The Morgan fingerprint density at radius 1 is 1.69 bits per heavy atom. The van der Waals surface area contributed by atoms with Crippen LogP contribution >= 0.6 is 11.5 Å². The molecule has 1 aromatic rings. The molecule has 3 nitrogen and oxygen atoms in total. The van der Waals surface area contributed by atoms with E-state index in [0.29, 0.717) is 6.04 Å². The molecule has 1 rings (SSSR count). The Hall–Kier alpha value is -0.740. The van der Waals surface area contributed by atoms with Crippen LogP contribution in [0.4, 0.5) is 0 Å². The first kappa shape index (κ1) is 10.3. The number of nitrogens with zero attached hydrogens (tertiary/aromatic N) is 2. The first-order valence-corrected chi connectivity index (χ1v) is 5.20. The van der Waals surface area contributed by atoms with Crippen molar-refractivity contribution in [3.8, 4) is 0 Å². The minimum absolute atomic E-state index is 0.326. The van der Waals surface area contributed by atoms with E-state index < -0.39 is 0 Å². The van der Waals surface area contributed by atoms with E-state index in [1.165, 1.54) is 16.4 Å². The number of aromatic nitrogens is 2. The molecular weight excluding hydrogens is 182 g/mol. The molecule has 0 radical (unpaired) electrons. The van der Waals surface area contributed by atoms with Crippen LogP contribution in [0, 0.1) is 0 Å². The molecule has 0 saturated carbocycles. The summed E-state index contributed by atoms with van der Waals surface area (Å²) in [5.74, 6) is 0. The van der Waals surface area contributed by atoms with Gasteiger partial charge in [0.15, 0.2) is 0 Å². The lowest BCUT2D eigenvalue weighted by atomic mass is 10.1. The summed E-state index contributed by atoms with van der Waals surface area (Å²) in [6.45, 7) is 5.84. The quantitative estimate of drug-likeness (QED) is 0.733. The predicted octanol–water partition coefficient (Wildman–Crippen LogP) is 1.94. The monoisotopic (exact) mass is 197 g/mol. The van der Waals surface area contributed by atoms with Crippen molar-refractivity contribution < 1.29 is 0 Å². The SMILES string of the molecule is C=CCC(NC)c1snnc1CC. The van der Waals surface area contributed by atoms with Crippen molar-refractivity contribution in [3.63, 3.8) is 0 Å². The summed E-state index contributed by atoms with van der Waals surface area (Å²) in [5.41, 5.74) is 1.10. The average Bonchev–Trinajstić information content (AvgIpc) is 2.61. The molecule has 1 aromatic heterocycles. The average molecular weight is 197 g/mol. The molecule has 0 aliphatic rings. The summed E-state index contributed by atoms with van der Waals surface area (Å²) in [7, 11) is 1.95. The largest absolute Gasteiger partial charge is 0.312 e. The molecule has 4 heteroatoms. The second-order valence-corrected chi connectivity index (χ2v) is 3.59. The lowest BCUT2D eigenvalue weighted by molar-refractivity contribution is 0.607. The van der Waals surface area contributed by atoms with Gasteiger partial charge in [0, 0.05) is 6.04 Å². The Labute approximate surface area is 83.0 Å². The molecule has 1 N–H and O–H groups in total. The van der Waals surface area contributed by atoms with Crippen molar-refractivity contribution in [1.82, 2.24) is 14.9 Å². The van der Waals surface area contributed by atoms with Gasteiger partial charge in [0.05, 0.1) is 10.6 Å². The van der Waals surface area contributed by atoms with Crippen LogP contribution in [-0.4, -0.2) is 16.6 Å². The van der Waals surface area contributed by atoms with Crippen LogP contribution in [0.3, 0.4) is 0 Å². The topological polar surface area (TPSA) is 37.8 Å². The van der Waals surface area contributed by atoms with Gasteiger partial charge in [-0.1, -0.05) is 17.5 Å². The van der Waals surface area contributed by atoms with E-state index in [2.05, 4.69) is 28.4 Å². The molecule has 0 spiro atoms. The van der Waals surface area contributed by atoms with E-state index >= 15 is 0 Å². The zero-order valence-electron chi connectivity index (χ0n) is 8.08. The molecular formula is C9H15N3S. The number of aryl methyl sites for hydroxylation is 1. The van der Waals surface area contributed by atoms with Crippen LogP contribution in [0.2, 0.25) is 0 Å². The van der Waals surface area contributed by atoms with Gasteiger partial charge in [-0.2, -0.15) is 0 Å². The Morgan fingerprint density at radius 2 is 2.46 bits per heavy atom. The molecule has 0 amide bonds. The van der Waals surface area contributed by atoms with E-state index in [9.17, 15) is 0 Å². The maximum Gasteiger partial charge on any atom is 0.0801 e. The van der Waals surface area contributed by atoms with E-state index in [1.54, 1.807) is 0 Å². The highest BCUT2D eigenvalue weighted by Gasteiger charge is 2.14. The van der Waals surface area contributed by atoms with E-state index in [0.717, 1.165) is 18.5 Å². The van der Waals surface area contributed by atoms with E-state index in [1.807, 2.05) is 13.1 Å². The number of hydrogen-bond donors (Lipinski definition) is 1. The Bertz CT molecular complexity index is 270. The fourth-order valence-electron chi connectivity index (χ4n) is 1.25. The molecule has 0 bridgehead atoms. The molecule has 0 fully saturated rings. The van der Waals surface area contributed by atoms with Crippen molar-refractivity contribution in [2.45, 2.75) is 25.8 Å². The molecule has 72 valence electrons. The van der Waals surface area contributed by atoms with Gasteiger partial charge in [0.2, 0.25) is 0 Å². The summed E-state index contributed by atoms with van der Waals surface area (Å²) >= 11 is 1.48. The number of rotatable bonds is 5. The first-order valence-electron chi connectivity index (χ1n) is 4.42. The molecule has 0 saturated heterocycles. The molecule has 1 heterocycles. The second-order valence-electron chi connectivity index (χ2n) is 2.80. The Morgan fingerprint density at radius 3 is 3.00 bits per heavy atom. The van der Waals surface area contributed by atoms with Crippen molar-refractivity contribution in [1.29, 1.82) is 0 Å². The van der Waals surface area contributed by atoms with E-state index in [4.69, 9.17) is 0 Å². The van der Waals surface area contributed by atoms with Gasteiger partial charge in [-0.25, -0.2) is 0 Å². The number of hydrogen-bond acceptors (Lipinski definition) is 4. The van der Waals surface area contributed by atoms with Gasteiger partial charge < -0.3 is 5.32 Å². The zero-order valence-corrected chi connectivity index (χ0v) is 8.90. The highest BCUT2D eigenvalue weighted by atomic mass is 32.1. The maximum atomic E-state index is 4.08. The van der Waals surface area contributed by atoms with Crippen LogP contribution in [0.5, 0.6) is 0 Å². The van der Waals surface area contributed by atoms with Gasteiger partial charge >= 0.3 is 0 Å². The van der Waals surface area contributed by atoms with Gasteiger partial charge in [-0.05, 0) is 31.4 Å². The molecule has 0 aliphatic carbocycles. The first-order chi connectivity index (χ1) is 6.33. The smallest absolute Gasteiger partial charge is 0.0801 e. The van der Waals surface area contributed by atoms with Crippen molar-refractivity contribution >= 4 is 11.5 Å². The summed E-state index contributed by atoms with van der Waals surface area (Å²) in [5, 5.41) is 7.32. The highest BCUT2D eigenvalue weighted by Crippen LogP contribution is 2.23. The van der Waals surface area contributed by atoms with Crippen molar-refractivity contribution in [3.05, 3.63) is 23.2 Å². The molecule has 13 heavy (non-hydrogen) atoms. The molecule has 0 aromatic carbocycles. The summed E-state index contributed by atoms with van der Waals surface area (Å²) < 4.78 is 3.96. The van der Waals surface area contributed by atoms with Gasteiger partial charge in [-0.15, -0.1) is 11.7 Å². The van der Waals surface area contributed by atoms with Crippen LogP contribution in [-0.2, 0) is 6.42 Å². The summed E-state index contributed by atoms with van der Waals surface area (Å²) in [6, 6.07) is 0.326.